The fourth-order valence-corrected chi connectivity index (χ4v) is 1.53. The zero-order valence-electron chi connectivity index (χ0n) is 8.95. The third-order valence-electron chi connectivity index (χ3n) is 2.52. The number of hydrogen-bond acceptors (Lipinski definition) is 3. The number of rotatable bonds is 5. The molecule has 0 saturated heterocycles. The molecule has 0 radical (unpaired) electrons. The van der Waals surface area contributed by atoms with Crippen LogP contribution in [0.25, 0.3) is 0 Å². The van der Waals surface area contributed by atoms with Crippen LogP contribution in [0.15, 0.2) is 12.4 Å². The van der Waals surface area contributed by atoms with Gasteiger partial charge in [0.15, 0.2) is 0 Å². The Morgan fingerprint density at radius 3 is 2.69 bits per heavy atom. The number of halogens is 1. The van der Waals surface area contributed by atoms with E-state index in [-0.39, 0.29) is 11.8 Å². The van der Waals surface area contributed by atoms with Crippen molar-refractivity contribution in [2.24, 2.45) is 0 Å². The maximum absolute atomic E-state index is 10.9. The molecule has 1 aromatic heterocycles. The van der Waals surface area contributed by atoms with Crippen molar-refractivity contribution in [3.63, 3.8) is 0 Å². The molecule has 1 fully saturated rings. The summed E-state index contributed by atoms with van der Waals surface area (Å²) in [5, 5.41) is 2.70. The fraction of sp³-hybridized carbons (Fsp3) is 0.545. The molecule has 86 valence electrons. The van der Waals surface area contributed by atoms with Crippen molar-refractivity contribution in [2.45, 2.75) is 25.2 Å². The van der Waals surface area contributed by atoms with Gasteiger partial charge in [-0.05, 0) is 24.8 Å². The van der Waals surface area contributed by atoms with Crippen LogP contribution in [0.3, 0.4) is 0 Å². The van der Waals surface area contributed by atoms with Crippen LogP contribution in [0.5, 0.6) is 0 Å². The van der Waals surface area contributed by atoms with E-state index in [0.717, 1.165) is 17.8 Å². The van der Waals surface area contributed by atoms with Crippen molar-refractivity contribution >= 4 is 17.5 Å². The van der Waals surface area contributed by atoms with Crippen LogP contribution >= 0.6 is 11.6 Å². The Labute approximate surface area is 99.4 Å². The molecule has 2 rings (SSSR count). The summed E-state index contributed by atoms with van der Waals surface area (Å²) >= 11 is 5.36. The predicted molar refractivity (Wildman–Crippen MR) is 61.4 cm³/mol. The third kappa shape index (κ3) is 3.17. The molecule has 1 amide bonds. The van der Waals surface area contributed by atoms with E-state index in [1.165, 1.54) is 12.8 Å². The highest BCUT2D eigenvalue weighted by molar-refractivity contribution is 6.27. The van der Waals surface area contributed by atoms with Crippen molar-refractivity contribution in [3.8, 4) is 0 Å². The minimum Gasteiger partial charge on any atom is -0.355 e. The highest BCUT2D eigenvalue weighted by Crippen LogP contribution is 2.37. The largest absolute Gasteiger partial charge is 0.355 e. The van der Waals surface area contributed by atoms with Crippen molar-refractivity contribution in [2.75, 3.05) is 12.4 Å². The van der Waals surface area contributed by atoms with Crippen molar-refractivity contribution < 1.29 is 4.79 Å². The average molecular weight is 240 g/mol. The summed E-state index contributed by atoms with van der Waals surface area (Å²) in [5.74, 6) is 1.41. The highest BCUT2D eigenvalue weighted by Gasteiger charge is 2.25. The summed E-state index contributed by atoms with van der Waals surface area (Å²) in [7, 11) is 0. The SMILES string of the molecule is O=C(CCl)NCCc1cnc(C2CC2)nc1. The van der Waals surface area contributed by atoms with Crippen molar-refractivity contribution in [3.05, 3.63) is 23.8 Å². The normalized spacial score (nSPS) is 14.8. The van der Waals surface area contributed by atoms with Crippen LogP contribution in [0.2, 0.25) is 0 Å². The molecule has 0 atom stereocenters. The Morgan fingerprint density at radius 2 is 2.12 bits per heavy atom. The van der Waals surface area contributed by atoms with E-state index in [1.54, 1.807) is 0 Å². The van der Waals surface area contributed by atoms with Gasteiger partial charge in [0.05, 0.1) is 0 Å². The van der Waals surface area contributed by atoms with Gasteiger partial charge >= 0.3 is 0 Å². The lowest BCUT2D eigenvalue weighted by molar-refractivity contribution is -0.118. The molecule has 1 aliphatic rings. The number of carbonyl (C=O) groups excluding carboxylic acids is 1. The standard InChI is InChI=1S/C11H14ClN3O/c12-5-10(16)13-4-3-8-6-14-11(15-7-8)9-1-2-9/h6-7,9H,1-5H2,(H,13,16). The van der Waals surface area contributed by atoms with Crippen LogP contribution in [0, 0.1) is 0 Å². The summed E-state index contributed by atoms with van der Waals surface area (Å²) in [6.07, 6.45) is 6.85. The second-order valence-corrected chi connectivity index (χ2v) is 4.22. The van der Waals surface area contributed by atoms with Crippen molar-refractivity contribution in [1.82, 2.24) is 15.3 Å². The number of aromatic nitrogens is 2. The zero-order chi connectivity index (χ0) is 11.4. The molecule has 1 aromatic rings. The van der Waals surface area contributed by atoms with E-state index in [4.69, 9.17) is 11.6 Å². The molecule has 1 aliphatic carbocycles. The molecule has 16 heavy (non-hydrogen) atoms. The lowest BCUT2D eigenvalue weighted by atomic mass is 10.2. The Bertz CT molecular complexity index is 362. The quantitative estimate of drug-likeness (QED) is 0.787. The Kier molecular flexibility index (Phi) is 3.72. The van der Waals surface area contributed by atoms with Gasteiger partial charge in [-0.3, -0.25) is 4.79 Å². The monoisotopic (exact) mass is 239 g/mol. The maximum Gasteiger partial charge on any atom is 0.234 e. The smallest absolute Gasteiger partial charge is 0.234 e. The van der Waals surface area contributed by atoms with E-state index in [1.807, 2.05) is 12.4 Å². The third-order valence-corrected chi connectivity index (χ3v) is 2.77. The van der Waals surface area contributed by atoms with Crippen LogP contribution < -0.4 is 5.32 Å². The van der Waals surface area contributed by atoms with Gasteiger partial charge < -0.3 is 5.32 Å². The van der Waals surface area contributed by atoms with Gasteiger partial charge in [-0.25, -0.2) is 9.97 Å². The molecule has 0 aliphatic heterocycles. The highest BCUT2D eigenvalue weighted by atomic mass is 35.5. The molecule has 4 nitrogen and oxygen atoms in total. The van der Waals surface area contributed by atoms with E-state index in [0.29, 0.717) is 12.5 Å². The van der Waals surface area contributed by atoms with E-state index in [2.05, 4.69) is 15.3 Å². The molecule has 0 bridgehead atoms. The van der Waals surface area contributed by atoms with Crippen LogP contribution in [-0.2, 0) is 11.2 Å². The second kappa shape index (κ2) is 5.25. The number of nitrogens with zero attached hydrogens (tertiary/aromatic N) is 2. The first kappa shape index (κ1) is 11.3. The van der Waals surface area contributed by atoms with Crippen LogP contribution in [-0.4, -0.2) is 28.3 Å². The minimum atomic E-state index is -0.141. The van der Waals surface area contributed by atoms with E-state index in [9.17, 15) is 4.79 Å². The Hall–Kier alpha value is -1.16. The lowest BCUT2D eigenvalue weighted by Crippen LogP contribution is -2.26. The number of carbonyl (C=O) groups is 1. The van der Waals surface area contributed by atoms with Gasteiger partial charge in [0.1, 0.15) is 11.7 Å². The molecule has 0 unspecified atom stereocenters. The van der Waals surface area contributed by atoms with Crippen LogP contribution in [0.4, 0.5) is 0 Å². The summed E-state index contributed by atoms with van der Waals surface area (Å²) < 4.78 is 0. The number of amides is 1. The molecular weight excluding hydrogens is 226 g/mol. The predicted octanol–water partition coefficient (Wildman–Crippen LogP) is 1.25. The first-order valence-electron chi connectivity index (χ1n) is 5.43. The van der Waals surface area contributed by atoms with E-state index < -0.39 is 0 Å². The minimum absolute atomic E-state index is 0.0110. The van der Waals surface area contributed by atoms with Gasteiger partial charge in [0.2, 0.25) is 5.91 Å². The van der Waals surface area contributed by atoms with E-state index >= 15 is 0 Å². The lowest BCUT2D eigenvalue weighted by Gasteiger charge is -2.03. The fourth-order valence-electron chi connectivity index (χ4n) is 1.44. The number of nitrogens with one attached hydrogen (secondary N) is 1. The van der Waals surface area contributed by atoms with Gasteiger partial charge in [-0.15, -0.1) is 11.6 Å². The molecule has 0 aromatic carbocycles. The molecule has 0 spiro atoms. The topological polar surface area (TPSA) is 54.9 Å². The zero-order valence-corrected chi connectivity index (χ0v) is 9.70. The molecule has 1 saturated carbocycles. The van der Waals surface area contributed by atoms with Gasteiger partial charge in [0, 0.05) is 24.9 Å². The molecule has 5 heteroatoms. The summed E-state index contributed by atoms with van der Waals surface area (Å²) in [4.78, 5) is 19.5. The second-order valence-electron chi connectivity index (χ2n) is 3.96. The molecular formula is C11H14ClN3O. The molecule has 1 heterocycles. The Morgan fingerprint density at radius 1 is 1.44 bits per heavy atom. The number of alkyl halides is 1. The van der Waals surface area contributed by atoms with Gasteiger partial charge in [-0.1, -0.05) is 0 Å². The maximum atomic E-state index is 10.9. The summed E-state index contributed by atoms with van der Waals surface area (Å²) in [6.45, 7) is 0.581. The van der Waals surface area contributed by atoms with Crippen LogP contribution in [0.1, 0.15) is 30.1 Å². The Balaban J connectivity index is 1.78. The van der Waals surface area contributed by atoms with Gasteiger partial charge in [0.25, 0.3) is 0 Å². The first-order valence-corrected chi connectivity index (χ1v) is 5.96. The number of hydrogen-bond donors (Lipinski definition) is 1. The summed E-state index contributed by atoms with van der Waals surface area (Å²) in [6, 6.07) is 0. The average Bonchev–Trinajstić information content (AvgIpc) is 3.14. The van der Waals surface area contributed by atoms with Gasteiger partial charge in [-0.2, -0.15) is 0 Å². The summed E-state index contributed by atoms with van der Waals surface area (Å²) in [5.41, 5.74) is 1.04. The first-order chi connectivity index (χ1) is 7.79. The molecule has 1 N–H and O–H groups in total. The van der Waals surface area contributed by atoms with Crippen molar-refractivity contribution in [1.29, 1.82) is 0 Å².